The second-order valence-electron chi connectivity index (χ2n) is 7.41. The maximum Gasteiger partial charge on any atom is 0.267 e. The Hall–Kier alpha value is -2.45. The summed E-state index contributed by atoms with van der Waals surface area (Å²) in [7, 11) is 0. The summed E-state index contributed by atoms with van der Waals surface area (Å²) in [5, 5.41) is 9.38. The molecule has 4 aromatic rings. The molecule has 8 heteroatoms. The molecule has 0 aliphatic heterocycles. The lowest BCUT2D eigenvalue weighted by Crippen LogP contribution is -2.22. The number of para-hydroxylation sites is 1. The van der Waals surface area contributed by atoms with Crippen molar-refractivity contribution in [2.75, 3.05) is 0 Å². The minimum Gasteiger partial charge on any atom is -0.425 e. The molecule has 1 aliphatic carbocycles. The largest absolute Gasteiger partial charge is 0.425 e. The Labute approximate surface area is 176 Å². The van der Waals surface area contributed by atoms with Crippen LogP contribution in [-0.2, 0) is 18.6 Å². The summed E-state index contributed by atoms with van der Waals surface area (Å²) in [5.74, 6) is 2.18. The molecule has 1 atom stereocenters. The summed E-state index contributed by atoms with van der Waals surface area (Å²) < 4.78 is 7.21. The van der Waals surface area contributed by atoms with Gasteiger partial charge in [0, 0.05) is 11.8 Å². The molecule has 6 nitrogen and oxygen atoms in total. The van der Waals surface area contributed by atoms with E-state index in [1.807, 2.05) is 30.3 Å². The zero-order valence-corrected chi connectivity index (χ0v) is 17.8. The van der Waals surface area contributed by atoms with E-state index in [1.54, 1.807) is 22.8 Å². The highest BCUT2D eigenvalue weighted by Crippen LogP contribution is 2.37. The molecule has 0 bridgehead atoms. The van der Waals surface area contributed by atoms with Crippen LogP contribution in [0.3, 0.4) is 0 Å². The molecular weight excluding hydrogens is 404 g/mol. The lowest BCUT2D eigenvalue weighted by molar-refractivity contribution is 0.485. The van der Waals surface area contributed by atoms with E-state index in [9.17, 15) is 4.79 Å². The van der Waals surface area contributed by atoms with Gasteiger partial charge >= 0.3 is 0 Å². The van der Waals surface area contributed by atoms with Crippen LogP contribution < -0.4 is 5.56 Å². The van der Waals surface area contributed by atoms with Crippen molar-refractivity contribution in [3.8, 4) is 5.69 Å². The van der Waals surface area contributed by atoms with Gasteiger partial charge in [-0.05, 0) is 42.9 Å². The van der Waals surface area contributed by atoms with E-state index in [-0.39, 0.29) is 5.56 Å². The van der Waals surface area contributed by atoms with Crippen LogP contribution in [0.4, 0.5) is 0 Å². The van der Waals surface area contributed by atoms with E-state index >= 15 is 0 Å². The van der Waals surface area contributed by atoms with E-state index in [2.05, 4.69) is 17.1 Å². The van der Waals surface area contributed by atoms with Gasteiger partial charge in [0.15, 0.2) is 5.16 Å². The molecule has 0 N–H and O–H groups in total. The Morgan fingerprint density at radius 2 is 2.10 bits per heavy atom. The summed E-state index contributed by atoms with van der Waals surface area (Å²) in [6, 6.07) is 9.70. The van der Waals surface area contributed by atoms with Crippen molar-refractivity contribution >= 4 is 33.3 Å². The number of aromatic nitrogens is 4. The summed E-state index contributed by atoms with van der Waals surface area (Å²) >= 11 is 3.12. The second kappa shape index (κ2) is 7.42. The molecule has 0 saturated heterocycles. The van der Waals surface area contributed by atoms with Crippen molar-refractivity contribution in [2.24, 2.45) is 5.92 Å². The molecule has 0 saturated carbocycles. The monoisotopic (exact) mass is 424 g/mol. The van der Waals surface area contributed by atoms with Gasteiger partial charge in [-0.3, -0.25) is 9.36 Å². The van der Waals surface area contributed by atoms with Gasteiger partial charge in [0.05, 0.1) is 16.8 Å². The summed E-state index contributed by atoms with van der Waals surface area (Å²) in [5.41, 5.74) is 2.03. The number of thioether (sulfide) groups is 1. The number of aryl methyl sites for hydroxylation is 2. The molecule has 3 heterocycles. The standard InChI is InChI=1S/C21H20N4O2S2/c1-12-8-9-15-16(10-12)29-19-18(15)20(26)25(14-6-4-3-5-7-14)21(22-19)28-11-17-24-23-13(2)27-17/h3-7,12H,8-11H2,1-2H3. The molecule has 1 unspecified atom stereocenters. The third kappa shape index (κ3) is 3.40. The number of fused-ring (bicyclic) bond motifs is 3. The molecule has 5 rings (SSSR count). The van der Waals surface area contributed by atoms with Gasteiger partial charge in [-0.15, -0.1) is 21.5 Å². The van der Waals surface area contributed by atoms with E-state index < -0.39 is 0 Å². The van der Waals surface area contributed by atoms with Gasteiger partial charge in [-0.25, -0.2) is 4.98 Å². The van der Waals surface area contributed by atoms with E-state index in [0.29, 0.717) is 28.6 Å². The van der Waals surface area contributed by atoms with E-state index in [1.165, 1.54) is 22.2 Å². The van der Waals surface area contributed by atoms with E-state index in [0.717, 1.165) is 35.2 Å². The predicted octanol–water partition coefficient (Wildman–Crippen LogP) is 4.56. The van der Waals surface area contributed by atoms with Gasteiger partial charge in [0.25, 0.3) is 5.56 Å². The van der Waals surface area contributed by atoms with Crippen molar-refractivity contribution in [1.82, 2.24) is 19.7 Å². The molecule has 3 aromatic heterocycles. The highest BCUT2D eigenvalue weighted by atomic mass is 32.2. The summed E-state index contributed by atoms with van der Waals surface area (Å²) in [6.45, 7) is 4.04. The number of rotatable bonds is 4. The summed E-state index contributed by atoms with van der Waals surface area (Å²) in [4.78, 5) is 20.7. The van der Waals surface area contributed by atoms with Gasteiger partial charge in [-0.1, -0.05) is 36.9 Å². The van der Waals surface area contributed by atoms with Gasteiger partial charge < -0.3 is 4.42 Å². The molecule has 0 spiro atoms. The number of benzene rings is 1. The van der Waals surface area contributed by atoms with Crippen LogP contribution >= 0.6 is 23.1 Å². The van der Waals surface area contributed by atoms with Crippen molar-refractivity contribution in [2.45, 2.75) is 44.0 Å². The Kier molecular flexibility index (Phi) is 4.75. The first-order valence-corrected chi connectivity index (χ1v) is 11.4. The first-order chi connectivity index (χ1) is 14.1. The highest BCUT2D eigenvalue weighted by Gasteiger charge is 2.25. The molecule has 0 amide bonds. The maximum atomic E-state index is 13.6. The average Bonchev–Trinajstić information content (AvgIpc) is 3.29. The minimum absolute atomic E-state index is 0.0115. The van der Waals surface area contributed by atoms with Crippen LogP contribution in [0.1, 0.15) is 35.6 Å². The predicted molar refractivity (Wildman–Crippen MR) is 115 cm³/mol. The van der Waals surface area contributed by atoms with Crippen LogP contribution in [-0.4, -0.2) is 19.7 Å². The minimum atomic E-state index is 0.0115. The topological polar surface area (TPSA) is 73.8 Å². The second-order valence-corrected chi connectivity index (χ2v) is 9.43. The van der Waals surface area contributed by atoms with Crippen molar-refractivity contribution in [3.05, 3.63) is 62.9 Å². The number of hydrogen-bond acceptors (Lipinski definition) is 7. The van der Waals surface area contributed by atoms with E-state index in [4.69, 9.17) is 9.40 Å². The van der Waals surface area contributed by atoms with Crippen molar-refractivity contribution in [3.63, 3.8) is 0 Å². The molecular formula is C21H20N4O2S2. The Balaban J connectivity index is 1.67. The fourth-order valence-electron chi connectivity index (χ4n) is 3.79. The van der Waals surface area contributed by atoms with Crippen molar-refractivity contribution in [1.29, 1.82) is 0 Å². The third-order valence-corrected chi connectivity index (χ3v) is 7.28. The zero-order chi connectivity index (χ0) is 20.0. The Bertz CT molecular complexity index is 1240. The average molecular weight is 425 g/mol. The molecule has 29 heavy (non-hydrogen) atoms. The van der Waals surface area contributed by atoms with Gasteiger partial charge in [0.2, 0.25) is 11.8 Å². The fraction of sp³-hybridized carbons (Fsp3) is 0.333. The Morgan fingerprint density at radius 3 is 2.86 bits per heavy atom. The van der Waals surface area contributed by atoms with Crippen LogP contribution in [0.2, 0.25) is 0 Å². The smallest absolute Gasteiger partial charge is 0.267 e. The number of thiophene rings is 1. The van der Waals surface area contributed by atoms with Crippen LogP contribution in [0.25, 0.3) is 15.9 Å². The maximum absolute atomic E-state index is 13.6. The molecule has 1 aliphatic rings. The first kappa shape index (κ1) is 18.6. The van der Waals surface area contributed by atoms with Gasteiger partial charge in [0.1, 0.15) is 4.83 Å². The number of hydrogen-bond donors (Lipinski definition) is 0. The lowest BCUT2D eigenvalue weighted by atomic mass is 9.89. The lowest BCUT2D eigenvalue weighted by Gasteiger charge is -2.17. The molecule has 0 radical (unpaired) electrons. The Morgan fingerprint density at radius 1 is 1.28 bits per heavy atom. The SMILES string of the molecule is Cc1nnc(CSc2nc3sc4c(c3c(=O)n2-c2ccccc2)CCC(C)C4)o1. The fourth-order valence-corrected chi connectivity index (χ4v) is 6.07. The van der Waals surface area contributed by atoms with Gasteiger partial charge in [-0.2, -0.15) is 0 Å². The quantitative estimate of drug-likeness (QED) is 0.353. The molecule has 148 valence electrons. The van der Waals surface area contributed by atoms with Crippen LogP contribution in [0.5, 0.6) is 0 Å². The number of nitrogens with zero attached hydrogens (tertiary/aromatic N) is 4. The third-order valence-electron chi connectivity index (χ3n) is 5.21. The van der Waals surface area contributed by atoms with Crippen LogP contribution in [0.15, 0.2) is 44.7 Å². The zero-order valence-electron chi connectivity index (χ0n) is 16.2. The normalized spacial score (nSPS) is 16.3. The van der Waals surface area contributed by atoms with Crippen molar-refractivity contribution < 1.29 is 4.42 Å². The molecule has 1 aromatic carbocycles. The summed E-state index contributed by atoms with van der Waals surface area (Å²) in [6.07, 6.45) is 3.11. The van der Waals surface area contributed by atoms with Crippen LogP contribution in [0, 0.1) is 12.8 Å². The highest BCUT2D eigenvalue weighted by molar-refractivity contribution is 7.98. The first-order valence-electron chi connectivity index (χ1n) is 9.64. The molecule has 0 fully saturated rings.